The Morgan fingerprint density at radius 3 is 2.68 bits per heavy atom. The summed E-state index contributed by atoms with van der Waals surface area (Å²) in [7, 11) is 4.04. The van der Waals surface area contributed by atoms with Gasteiger partial charge in [0, 0.05) is 19.1 Å². The third-order valence-corrected chi connectivity index (χ3v) is 2.72. The van der Waals surface area contributed by atoms with Crippen LogP contribution in [-0.2, 0) is 4.74 Å². The van der Waals surface area contributed by atoms with Gasteiger partial charge in [-0.25, -0.2) is 4.79 Å². The van der Waals surface area contributed by atoms with Gasteiger partial charge in [0.2, 0.25) is 0 Å². The first-order valence-electron chi connectivity index (χ1n) is 6.53. The van der Waals surface area contributed by atoms with Crippen LogP contribution < -0.4 is 4.90 Å². The van der Waals surface area contributed by atoms with E-state index in [9.17, 15) is 4.79 Å². The summed E-state index contributed by atoms with van der Waals surface area (Å²) in [5.41, 5.74) is 0.215. The zero-order chi connectivity index (χ0) is 14.4. The molecule has 0 bridgehead atoms. The Bertz CT molecular complexity index is 404. The number of carbonyl (C=O) groups excluding carboxylic acids is 1. The fraction of sp³-hybridized carbons (Fsp3) is 0.692. The summed E-state index contributed by atoms with van der Waals surface area (Å²) in [5, 5.41) is 0. The van der Waals surface area contributed by atoms with Crippen LogP contribution in [0.25, 0.3) is 0 Å². The lowest BCUT2D eigenvalue weighted by Crippen LogP contribution is -2.40. The van der Waals surface area contributed by atoms with Gasteiger partial charge in [-0.05, 0) is 34.9 Å². The van der Waals surface area contributed by atoms with Crippen molar-refractivity contribution in [2.24, 2.45) is 0 Å². The third-order valence-electron chi connectivity index (χ3n) is 2.72. The average Bonchev–Trinajstić information content (AvgIpc) is 2.78. The summed E-state index contributed by atoms with van der Waals surface area (Å²) in [6, 6.07) is 0.702. The van der Waals surface area contributed by atoms with Gasteiger partial charge >= 0.3 is 5.97 Å². The van der Waals surface area contributed by atoms with Crippen LogP contribution in [0.3, 0.4) is 0 Å². The van der Waals surface area contributed by atoms with E-state index in [1.807, 2.05) is 25.9 Å². The summed E-state index contributed by atoms with van der Waals surface area (Å²) in [5.74, 6) is -0.450. The number of oxazole rings is 1. The number of carbonyl (C=O) groups is 1. The molecule has 1 aromatic heterocycles. The molecule has 0 saturated carbocycles. The second-order valence-corrected chi connectivity index (χ2v) is 4.63. The quantitative estimate of drug-likeness (QED) is 0.701. The summed E-state index contributed by atoms with van der Waals surface area (Å²) >= 11 is 0. The van der Waals surface area contributed by atoms with Crippen molar-refractivity contribution in [2.45, 2.75) is 26.8 Å². The molecule has 1 unspecified atom stereocenters. The van der Waals surface area contributed by atoms with Gasteiger partial charge in [-0.15, -0.1) is 0 Å². The molecule has 6 heteroatoms. The molecule has 0 aliphatic heterocycles. The van der Waals surface area contributed by atoms with Crippen LogP contribution in [0.15, 0.2) is 10.7 Å². The van der Waals surface area contributed by atoms with Crippen molar-refractivity contribution >= 4 is 12.0 Å². The van der Waals surface area contributed by atoms with Crippen LogP contribution in [0.5, 0.6) is 0 Å². The maximum Gasteiger partial charge on any atom is 0.360 e. The Morgan fingerprint density at radius 2 is 2.16 bits per heavy atom. The van der Waals surface area contributed by atoms with E-state index in [1.165, 1.54) is 6.26 Å². The molecule has 1 aromatic rings. The lowest BCUT2D eigenvalue weighted by molar-refractivity contribution is 0.0519. The molecule has 6 nitrogen and oxygen atoms in total. The van der Waals surface area contributed by atoms with E-state index in [0.717, 1.165) is 13.1 Å². The van der Waals surface area contributed by atoms with Crippen molar-refractivity contribution in [3.8, 4) is 0 Å². The molecule has 0 aliphatic carbocycles. The van der Waals surface area contributed by atoms with Crippen LogP contribution >= 0.6 is 0 Å². The predicted molar refractivity (Wildman–Crippen MR) is 73.5 cm³/mol. The lowest BCUT2D eigenvalue weighted by atomic mass is 10.3. The molecule has 0 aliphatic rings. The monoisotopic (exact) mass is 269 g/mol. The Hall–Kier alpha value is -1.56. The van der Waals surface area contributed by atoms with Crippen LogP contribution in [0, 0.1) is 0 Å². The van der Waals surface area contributed by atoms with E-state index in [-0.39, 0.29) is 11.7 Å². The first-order valence-corrected chi connectivity index (χ1v) is 6.53. The van der Waals surface area contributed by atoms with Crippen molar-refractivity contribution in [3.63, 3.8) is 0 Å². The van der Waals surface area contributed by atoms with Crippen LogP contribution in [0.2, 0.25) is 0 Å². The highest BCUT2D eigenvalue weighted by Crippen LogP contribution is 2.17. The molecule has 108 valence electrons. The molecule has 19 heavy (non-hydrogen) atoms. The van der Waals surface area contributed by atoms with Crippen molar-refractivity contribution < 1.29 is 13.9 Å². The minimum atomic E-state index is -0.450. The molecular formula is C13H23N3O3. The highest BCUT2D eigenvalue weighted by atomic mass is 16.5. The summed E-state index contributed by atoms with van der Waals surface area (Å²) in [4.78, 5) is 19.9. The summed E-state index contributed by atoms with van der Waals surface area (Å²) < 4.78 is 10.3. The van der Waals surface area contributed by atoms with E-state index in [4.69, 9.17) is 9.15 Å². The molecule has 1 heterocycles. The number of anilines is 1. The normalized spacial score (nSPS) is 12.5. The van der Waals surface area contributed by atoms with Gasteiger partial charge in [0.05, 0.1) is 6.61 Å². The molecule has 0 saturated heterocycles. The summed E-state index contributed by atoms with van der Waals surface area (Å²) in [6.07, 6.45) is 1.35. The number of ether oxygens (including phenoxy) is 1. The number of nitrogens with zero attached hydrogens (tertiary/aromatic N) is 3. The van der Waals surface area contributed by atoms with Gasteiger partial charge in [-0.3, -0.25) is 0 Å². The fourth-order valence-corrected chi connectivity index (χ4v) is 1.96. The lowest BCUT2D eigenvalue weighted by Gasteiger charge is -2.28. The molecule has 1 rings (SSSR count). The molecular weight excluding hydrogens is 246 g/mol. The zero-order valence-corrected chi connectivity index (χ0v) is 12.3. The van der Waals surface area contributed by atoms with Gasteiger partial charge in [0.1, 0.15) is 6.26 Å². The SMILES string of the molecule is CCOC(=O)c1coc(N(CC)C(C)CN(C)C)n1. The van der Waals surface area contributed by atoms with Gasteiger partial charge in [-0.2, -0.15) is 4.98 Å². The largest absolute Gasteiger partial charge is 0.461 e. The van der Waals surface area contributed by atoms with Gasteiger partial charge in [0.15, 0.2) is 5.69 Å². The van der Waals surface area contributed by atoms with Crippen molar-refractivity contribution in [1.82, 2.24) is 9.88 Å². The van der Waals surface area contributed by atoms with Gasteiger partial charge in [-0.1, -0.05) is 0 Å². The Labute approximate surface area is 114 Å². The number of rotatable bonds is 7. The minimum absolute atomic E-state index is 0.215. The number of likely N-dealkylation sites (N-methyl/N-ethyl adjacent to an activating group) is 2. The zero-order valence-electron chi connectivity index (χ0n) is 12.3. The van der Waals surface area contributed by atoms with Crippen molar-refractivity contribution in [1.29, 1.82) is 0 Å². The number of aromatic nitrogens is 1. The second kappa shape index (κ2) is 7.13. The van der Waals surface area contributed by atoms with E-state index in [0.29, 0.717) is 12.6 Å². The van der Waals surface area contributed by atoms with Crippen molar-refractivity contribution in [3.05, 3.63) is 12.0 Å². The molecule has 0 N–H and O–H groups in total. The smallest absolute Gasteiger partial charge is 0.360 e. The average molecular weight is 269 g/mol. The highest BCUT2D eigenvalue weighted by Gasteiger charge is 2.21. The molecule has 0 radical (unpaired) electrons. The molecule has 0 amide bonds. The van der Waals surface area contributed by atoms with Crippen LogP contribution in [0.4, 0.5) is 6.01 Å². The summed E-state index contributed by atoms with van der Waals surface area (Å²) in [6.45, 7) is 7.85. The Kier molecular flexibility index (Phi) is 5.82. The Balaban J connectivity index is 2.79. The fourth-order valence-electron chi connectivity index (χ4n) is 1.96. The molecule has 0 fully saturated rings. The number of hydrogen-bond donors (Lipinski definition) is 0. The second-order valence-electron chi connectivity index (χ2n) is 4.63. The highest BCUT2D eigenvalue weighted by molar-refractivity contribution is 5.87. The predicted octanol–water partition coefficient (Wildman–Crippen LogP) is 1.63. The number of esters is 1. The number of hydrogen-bond acceptors (Lipinski definition) is 6. The van der Waals surface area contributed by atoms with E-state index in [2.05, 4.69) is 16.8 Å². The third kappa shape index (κ3) is 4.24. The standard InChI is InChI=1S/C13H23N3O3/c1-6-16(10(3)8-15(4)5)13-14-11(9-19-13)12(17)18-7-2/h9-10H,6-8H2,1-5H3. The van der Waals surface area contributed by atoms with Gasteiger partial charge in [0.25, 0.3) is 6.01 Å². The first-order chi connectivity index (χ1) is 8.99. The van der Waals surface area contributed by atoms with Crippen LogP contribution in [-0.4, -0.2) is 55.7 Å². The molecule has 1 atom stereocenters. The minimum Gasteiger partial charge on any atom is -0.461 e. The maximum absolute atomic E-state index is 11.5. The first kappa shape index (κ1) is 15.5. The maximum atomic E-state index is 11.5. The van der Waals surface area contributed by atoms with Crippen molar-refractivity contribution in [2.75, 3.05) is 38.7 Å². The molecule has 0 aromatic carbocycles. The topological polar surface area (TPSA) is 58.8 Å². The van der Waals surface area contributed by atoms with E-state index >= 15 is 0 Å². The van der Waals surface area contributed by atoms with E-state index in [1.54, 1.807) is 6.92 Å². The Morgan fingerprint density at radius 1 is 1.47 bits per heavy atom. The molecule has 0 spiro atoms. The van der Waals surface area contributed by atoms with Gasteiger partial charge < -0.3 is 19.0 Å². The van der Waals surface area contributed by atoms with E-state index < -0.39 is 5.97 Å². The van der Waals surface area contributed by atoms with Crippen LogP contribution in [0.1, 0.15) is 31.3 Å².